The van der Waals surface area contributed by atoms with Crippen LogP contribution in [0, 0.1) is 0 Å². The average Bonchev–Trinajstić information content (AvgIpc) is 2.46. The van der Waals surface area contributed by atoms with E-state index in [-0.39, 0.29) is 11.4 Å². The quantitative estimate of drug-likeness (QED) is 0.887. The van der Waals surface area contributed by atoms with Gasteiger partial charge in [-0.25, -0.2) is 4.98 Å². The van der Waals surface area contributed by atoms with E-state index in [1.54, 1.807) is 43.6 Å². The third kappa shape index (κ3) is 4.86. The number of carbonyl (C=O) groups is 1. The van der Waals surface area contributed by atoms with Gasteiger partial charge in [0.25, 0.3) is 5.91 Å². The molecule has 0 saturated heterocycles. The maximum absolute atomic E-state index is 12.0. The van der Waals surface area contributed by atoms with Crippen LogP contribution in [0.5, 0.6) is 5.75 Å². The van der Waals surface area contributed by atoms with Crippen molar-refractivity contribution in [2.45, 2.75) is 26.3 Å². The number of nitrogens with one attached hydrogen (secondary N) is 2. The minimum atomic E-state index is -0.302. The van der Waals surface area contributed by atoms with Crippen molar-refractivity contribution in [3.8, 4) is 5.75 Å². The fourth-order valence-corrected chi connectivity index (χ4v) is 2.11. The number of hydrogen-bond acceptors (Lipinski definition) is 4. The topological polar surface area (TPSA) is 63.2 Å². The molecule has 0 fully saturated rings. The lowest BCUT2D eigenvalue weighted by molar-refractivity contribution is 0.0914. The van der Waals surface area contributed by atoms with Crippen LogP contribution < -0.4 is 15.4 Å². The number of aromatic nitrogens is 1. The summed E-state index contributed by atoms with van der Waals surface area (Å²) in [7, 11) is 1.59. The van der Waals surface area contributed by atoms with Gasteiger partial charge in [0.05, 0.1) is 24.7 Å². The first-order valence-electron chi connectivity index (χ1n) is 7.17. The molecule has 122 valence electrons. The Morgan fingerprint density at radius 3 is 2.52 bits per heavy atom. The van der Waals surface area contributed by atoms with E-state index < -0.39 is 0 Å². The molecular weight excluding hydrogens is 314 g/mol. The van der Waals surface area contributed by atoms with E-state index >= 15 is 0 Å². The van der Waals surface area contributed by atoms with E-state index in [0.29, 0.717) is 16.5 Å². The standard InChI is InChI=1S/C17H20ClN3O2/c1-17(2,3)21-16(22)13-7-6-12(10-19-13)20-14-9-11(18)5-8-15(14)23-4/h5-10,20H,1-4H3,(H,21,22). The number of halogens is 1. The van der Waals surface area contributed by atoms with Gasteiger partial charge in [0.15, 0.2) is 0 Å². The highest BCUT2D eigenvalue weighted by atomic mass is 35.5. The molecule has 2 N–H and O–H groups in total. The molecule has 0 aliphatic heterocycles. The number of ether oxygens (including phenoxy) is 1. The third-order valence-corrected chi connectivity index (χ3v) is 3.16. The van der Waals surface area contributed by atoms with E-state index in [1.165, 1.54) is 0 Å². The molecule has 0 aliphatic carbocycles. The highest BCUT2D eigenvalue weighted by molar-refractivity contribution is 6.31. The van der Waals surface area contributed by atoms with E-state index in [9.17, 15) is 4.79 Å². The second-order valence-corrected chi connectivity index (χ2v) is 6.54. The lowest BCUT2D eigenvalue weighted by Crippen LogP contribution is -2.40. The molecule has 1 aromatic carbocycles. The summed E-state index contributed by atoms with van der Waals surface area (Å²) in [5, 5.41) is 6.65. The molecule has 0 unspecified atom stereocenters. The Kier molecular flexibility index (Phi) is 5.11. The number of pyridine rings is 1. The van der Waals surface area contributed by atoms with E-state index in [4.69, 9.17) is 16.3 Å². The smallest absolute Gasteiger partial charge is 0.270 e. The van der Waals surface area contributed by atoms with E-state index in [0.717, 1.165) is 11.4 Å². The number of hydrogen-bond donors (Lipinski definition) is 2. The molecule has 6 heteroatoms. The predicted octanol–water partition coefficient (Wildman–Crippen LogP) is 4.02. The highest BCUT2D eigenvalue weighted by Gasteiger charge is 2.16. The van der Waals surface area contributed by atoms with Crippen molar-refractivity contribution in [2.24, 2.45) is 0 Å². The van der Waals surface area contributed by atoms with Gasteiger partial charge in [0.2, 0.25) is 0 Å². The van der Waals surface area contributed by atoms with Crippen LogP contribution in [-0.4, -0.2) is 23.5 Å². The van der Waals surface area contributed by atoms with E-state index in [2.05, 4.69) is 15.6 Å². The molecule has 23 heavy (non-hydrogen) atoms. The van der Waals surface area contributed by atoms with Gasteiger partial charge in [-0.05, 0) is 51.1 Å². The van der Waals surface area contributed by atoms with Crippen molar-refractivity contribution in [2.75, 3.05) is 12.4 Å². The molecule has 0 aliphatic rings. The minimum absolute atomic E-state index is 0.204. The molecule has 1 heterocycles. The van der Waals surface area contributed by atoms with Crippen LogP contribution in [0.1, 0.15) is 31.3 Å². The number of anilines is 2. The largest absolute Gasteiger partial charge is 0.495 e. The molecule has 2 rings (SSSR count). The summed E-state index contributed by atoms with van der Waals surface area (Å²) in [6, 6.07) is 8.75. The molecule has 0 atom stereocenters. The Bertz CT molecular complexity index is 694. The van der Waals surface area contributed by atoms with Gasteiger partial charge in [-0.1, -0.05) is 11.6 Å². The zero-order chi connectivity index (χ0) is 17.0. The van der Waals surface area contributed by atoms with Crippen molar-refractivity contribution in [3.05, 3.63) is 47.2 Å². The van der Waals surface area contributed by atoms with Gasteiger partial charge in [-0.2, -0.15) is 0 Å². The van der Waals surface area contributed by atoms with Gasteiger partial charge >= 0.3 is 0 Å². The van der Waals surface area contributed by atoms with Crippen molar-refractivity contribution < 1.29 is 9.53 Å². The van der Waals surface area contributed by atoms with Gasteiger partial charge in [-0.3, -0.25) is 4.79 Å². The fraction of sp³-hybridized carbons (Fsp3) is 0.294. The van der Waals surface area contributed by atoms with Crippen molar-refractivity contribution in [3.63, 3.8) is 0 Å². The summed E-state index contributed by atoms with van der Waals surface area (Å²) in [5.41, 5.74) is 1.53. The molecule has 2 aromatic rings. The first kappa shape index (κ1) is 17.1. The molecule has 1 amide bonds. The zero-order valence-corrected chi connectivity index (χ0v) is 14.4. The lowest BCUT2D eigenvalue weighted by atomic mass is 10.1. The lowest BCUT2D eigenvalue weighted by Gasteiger charge is -2.20. The summed E-state index contributed by atoms with van der Waals surface area (Å²) < 4.78 is 5.28. The number of amides is 1. The first-order valence-corrected chi connectivity index (χ1v) is 7.55. The Balaban J connectivity index is 2.14. The molecular formula is C17H20ClN3O2. The number of carbonyl (C=O) groups excluding carboxylic acids is 1. The average molecular weight is 334 g/mol. The summed E-state index contributed by atoms with van der Waals surface area (Å²) in [4.78, 5) is 16.2. The molecule has 0 saturated carbocycles. The Hall–Kier alpha value is -2.27. The fourth-order valence-electron chi connectivity index (χ4n) is 1.94. The predicted molar refractivity (Wildman–Crippen MR) is 92.7 cm³/mol. The number of nitrogens with zero attached hydrogens (tertiary/aromatic N) is 1. The van der Waals surface area contributed by atoms with Crippen LogP contribution in [0.3, 0.4) is 0 Å². The molecule has 0 bridgehead atoms. The maximum atomic E-state index is 12.0. The normalized spacial score (nSPS) is 11.0. The van der Waals surface area contributed by atoms with Crippen molar-refractivity contribution >= 4 is 28.9 Å². The minimum Gasteiger partial charge on any atom is -0.495 e. The summed E-state index contributed by atoms with van der Waals surface area (Å²) in [6.45, 7) is 5.77. The summed E-state index contributed by atoms with van der Waals surface area (Å²) in [6.07, 6.45) is 1.60. The second kappa shape index (κ2) is 6.87. The Morgan fingerprint density at radius 2 is 1.96 bits per heavy atom. The molecule has 5 nitrogen and oxygen atoms in total. The number of benzene rings is 1. The molecule has 1 aromatic heterocycles. The highest BCUT2D eigenvalue weighted by Crippen LogP contribution is 2.30. The second-order valence-electron chi connectivity index (χ2n) is 6.11. The number of methoxy groups -OCH3 is 1. The van der Waals surface area contributed by atoms with Gasteiger partial charge in [0, 0.05) is 10.6 Å². The van der Waals surface area contributed by atoms with Gasteiger partial charge < -0.3 is 15.4 Å². The van der Waals surface area contributed by atoms with Crippen LogP contribution in [0.2, 0.25) is 5.02 Å². The van der Waals surface area contributed by atoms with Gasteiger partial charge in [-0.15, -0.1) is 0 Å². The van der Waals surface area contributed by atoms with Crippen molar-refractivity contribution in [1.82, 2.24) is 10.3 Å². The summed E-state index contributed by atoms with van der Waals surface area (Å²) >= 11 is 6.00. The molecule has 0 spiro atoms. The summed E-state index contributed by atoms with van der Waals surface area (Å²) in [5.74, 6) is 0.466. The monoisotopic (exact) mass is 333 g/mol. The maximum Gasteiger partial charge on any atom is 0.270 e. The third-order valence-electron chi connectivity index (χ3n) is 2.93. The first-order chi connectivity index (χ1) is 10.8. The Morgan fingerprint density at radius 1 is 1.22 bits per heavy atom. The SMILES string of the molecule is COc1ccc(Cl)cc1Nc1ccc(C(=O)NC(C)(C)C)nc1. The van der Waals surface area contributed by atoms with Gasteiger partial charge in [0.1, 0.15) is 11.4 Å². The van der Waals surface area contributed by atoms with Crippen LogP contribution in [0.25, 0.3) is 0 Å². The zero-order valence-electron chi connectivity index (χ0n) is 13.6. The van der Waals surface area contributed by atoms with Crippen LogP contribution in [0.15, 0.2) is 36.5 Å². The molecule has 0 radical (unpaired) electrons. The van der Waals surface area contributed by atoms with E-state index in [1.807, 2.05) is 20.8 Å². The van der Waals surface area contributed by atoms with Crippen LogP contribution in [-0.2, 0) is 0 Å². The van der Waals surface area contributed by atoms with Crippen LogP contribution in [0.4, 0.5) is 11.4 Å². The van der Waals surface area contributed by atoms with Crippen molar-refractivity contribution in [1.29, 1.82) is 0 Å². The Labute approximate surface area is 141 Å². The van der Waals surface area contributed by atoms with Crippen LogP contribution >= 0.6 is 11.6 Å². The number of rotatable bonds is 4.